The Bertz CT molecular complexity index is 638. The average Bonchev–Trinajstić information content (AvgIpc) is 2.48. The van der Waals surface area contributed by atoms with Crippen molar-refractivity contribution in [3.63, 3.8) is 0 Å². The van der Waals surface area contributed by atoms with Crippen LogP contribution in [-0.4, -0.2) is 17.1 Å². The van der Waals surface area contributed by atoms with Crippen LogP contribution in [0, 0.1) is 6.92 Å². The molecule has 1 heterocycles. The first-order valence-corrected chi connectivity index (χ1v) is 6.05. The van der Waals surface area contributed by atoms with Crippen molar-refractivity contribution in [2.45, 2.75) is 6.92 Å². The molecule has 3 rings (SSSR count). The van der Waals surface area contributed by atoms with Crippen molar-refractivity contribution in [1.29, 1.82) is 0 Å². The van der Waals surface area contributed by atoms with Gasteiger partial charge >= 0.3 is 0 Å². The topological polar surface area (TPSA) is 35.0 Å². The first-order valence-electron chi connectivity index (χ1n) is 6.05. The van der Waals surface area contributed by atoms with Gasteiger partial charge in [-0.15, -0.1) is 0 Å². The third kappa shape index (κ3) is 3.78. The van der Waals surface area contributed by atoms with Gasteiger partial charge in [0.1, 0.15) is 12.1 Å². The lowest BCUT2D eigenvalue weighted by molar-refractivity contribution is 0.415. The molecule has 0 amide bonds. The summed E-state index contributed by atoms with van der Waals surface area (Å²) in [5.41, 5.74) is 2.26. The van der Waals surface area contributed by atoms with E-state index in [4.69, 9.17) is 4.74 Å². The molecule has 0 atom stereocenters. The minimum absolute atomic E-state index is 0.831. The summed E-state index contributed by atoms with van der Waals surface area (Å²) in [5, 5.41) is 0.997. The maximum atomic E-state index is 5.07. The first-order chi connectivity index (χ1) is 9.29. The molecule has 0 fully saturated rings. The zero-order valence-electron chi connectivity index (χ0n) is 11.1. The predicted molar refractivity (Wildman–Crippen MR) is 77.3 cm³/mol. The highest BCUT2D eigenvalue weighted by molar-refractivity contribution is 5.78. The van der Waals surface area contributed by atoms with E-state index >= 15 is 0 Å². The van der Waals surface area contributed by atoms with Crippen LogP contribution in [0.3, 0.4) is 0 Å². The maximum absolute atomic E-state index is 5.07. The quantitative estimate of drug-likeness (QED) is 0.663. The molecule has 3 heteroatoms. The molecule has 0 N–H and O–H groups in total. The van der Waals surface area contributed by atoms with Crippen LogP contribution < -0.4 is 4.74 Å². The fourth-order valence-electron chi connectivity index (χ4n) is 1.62. The van der Waals surface area contributed by atoms with Gasteiger partial charge in [0.2, 0.25) is 0 Å². The van der Waals surface area contributed by atoms with Gasteiger partial charge in [-0.25, -0.2) is 9.97 Å². The summed E-state index contributed by atoms with van der Waals surface area (Å²) in [4.78, 5) is 8.01. The summed E-state index contributed by atoms with van der Waals surface area (Å²) in [7, 11) is 1.64. The number of ether oxygens (including phenoxy) is 1. The molecular weight excluding hydrogens is 236 g/mol. The molecule has 3 nitrogen and oxygen atoms in total. The summed E-state index contributed by atoms with van der Waals surface area (Å²) < 4.78 is 5.07. The molecule has 0 unspecified atom stereocenters. The summed E-state index contributed by atoms with van der Waals surface area (Å²) in [6.07, 6.45) is 3.31. The van der Waals surface area contributed by atoms with Crippen LogP contribution in [0.4, 0.5) is 0 Å². The molecule has 0 saturated carbocycles. The number of nitrogens with zero attached hydrogens (tertiary/aromatic N) is 2. The summed E-state index contributed by atoms with van der Waals surface area (Å²) in [6, 6.07) is 16.0. The van der Waals surface area contributed by atoms with E-state index in [2.05, 4.69) is 29.0 Å². The van der Waals surface area contributed by atoms with Crippen molar-refractivity contribution in [3.8, 4) is 5.75 Å². The minimum atomic E-state index is 0.831. The van der Waals surface area contributed by atoms with Crippen molar-refractivity contribution in [3.05, 3.63) is 66.6 Å². The van der Waals surface area contributed by atoms with Gasteiger partial charge in [0.05, 0.1) is 12.6 Å². The third-order valence-corrected chi connectivity index (χ3v) is 2.65. The van der Waals surface area contributed by atoms with Gasteiger partial charge in [0.25, 0.3) is 0 Å². The third-order valence-electron chi connectivity index (χ3n) is 2.65. The molecule has 19 heavy (non-hydrogen) atoms. The van der Waals surface area contributed by atoms with Crippen LogP contribution in [0.2, 0.25) is 0 Å². The van der Waals surface area contributed by atoms with E-state index in [0.717, 1.165) is 16.7 Å². The number of benzene rings is 2. The van der Waals surface area contributed by atoms with Crippen molar-refractivity contribution in [1.82, 2.24) is 9.97 Å². The van der Waals surface area contributed by atoms with E-state index in [-0.39, 0.29) is 0 Å². The fraction of sp³-hybridized carbons (Fsp3) is 0.125. The van der Waals surface area contributed by atoms with Crippen molar-refractivity contribution in [2.24, 2.45) is 0 Å². The zero-order valence-corrected chi connectivity index (χ0v) is 11.1. The lowest BCUT2D eigenvalue weighted by Crippen LogP contribution is -1.84. The average molecular weight is 252 g/mol. The van der Waals surface area contributed by atoms with Crippen LogP contribution in [0.15, 0.2) is 61.1 Å². The van der Waals surface area contributed by atoms with Gasteiger partial charge in [-0.3, -0.25) is 0 Å². The molecule has 0 aliphatic rings. The van der Waals surface area contributed by atoms with Crippen LogP contribution in [0.25, 0.3) is 10.9 Å². The van der Waals surface area contributed by atoms with E-state index in [1.807, 2.05) is 36.4 Å². The molecule has 0 radical (unpaired) electrons. The Labute approximate surface area is 112 Å². The molecule has 0 spiro atoms. The van der Waals surface area contributed by atoms with Gasteiger partial charge in [-0.1, -0.05) is 35.9 Å². The number of hydrogen-bond donors (Lipinski definition) is 0. The number of methoxy groups -OCH3 is 1. The lowest BCUT2D eigenvalue weighted by atomic mass is 10.2. The first kappa shape index (κ1) is 13.0. The molecular formula is C16H16N2O. The summed E-state index contributed by atoms with van der Waals surface area (Å²) in [5.74, 6) is 0.831. The number of hydrogen-bond acceptors (Lipinski definition) is 3. The van der Waals surface area contributed by atoms with Gasteiger partial charge in [-0.2, -0.15) is 0 Å². The highest BCUT2D eigenvalue weighted by atomic mass is 16.5. The fourth-order valence-corrected chi connectivity index (χ4v) is 1.62. The molecule has 0 saturated heterocycles. The van der Waals surface area contributed by atoms with E-state index in [9.17, 15) is 0 Å². The molecule has 0 bridgehead atoms. The lowest BCUT2D eigenvalue weighted by Gasteiger charge is -1.99. The Balaban J connectivity index is 0.000000163. The Morgan fingerprint density at radius 1 is 1.00 bits per heavy atom. The van der Waals surface area contributed by atoms with E-state index < -0.39 is 0 Å². The zero-order chi connectivity index (χ0) is 13.5. The van der Waals surface area contributed by atoms with Crippen molar-refractivity contribution < 1.29 is 4.74 Å². The SMILES string of the molecule is COc1ccc2ncncc2c1.Cc1ccccc1. The van der Waals surface area contributed by atoms with E-state index in [1.165, 1.54) is 11.9 Å². The predicted octanol–water partition coefficient (Wildman–Crippen LogP) is 3.63. The second kappa shape index (κ2) is 6.50. The van der Waals surface area contributed by atoms with Crippen molar-refractivity contribution >= 4 is 10.9 Å². The van der Waals surface area contributed by atoms with Crippen LogP contribution in [-0.2, 0) is 0 Å². The number of aryl methyl sites for hydroxylation is 1. The highest BCUT2D eigenvalue weighted by Gasteiger charge is 1.95. The maximum Gasteiger partial charge on any atom is 0.119 e. The van der Waals surface area contributed by atoms with Gasteiger partial charge in [-0.05, 0) is 25.1 Å². The Hall–Kier alpha value is -2.42. The van der Waals surface area contributed by atoms with E-state index in [0.29, 0.717) is 0 Å². The van der Waals surface area contributed by atoms with Crippen LogP contribution in [0.1, 0.15) is 5.56 Å². The second-order valence-corrected chi connectivity index (χ2v) is 4.10. The largest absolute Gasteiger partial charge is 0.497 e. The minimum Gasteiger partial charge on any atom is -0.497 e. The molecule has 2 aromatic carbocycles. The van der Waals surface area contributed by atoms with Crippen LogP contribution in [0.5, 0.6) is 5.75 Å². The Morgan fingerprint density at radius 2 is 1.79 bits per heavy atom. The Morgan fingerprint density at radius 3 is 2.42 bits per heavy atom. The number of fused-ring (bicyclic) bond motifs is 1. The summed E-state index contributed by atoms with van der Waals surface area (Å²) in [6.45, 7) is 2.08. The monoisotopic (exact) mass is 252 g/mol. The summed E-state index contributed by atoms with van der Waals surface area (Å²) >= 11 is 0. The molecule has 3 aromatic rings. The van der Waals surface area contributed by atoms with Gasteiger partial charge in [0, 0.05) is 11.6 Å². The normalized spacial score (nSPS) is 9.58. The van der Waals surface area contributed by atoms with E-state index in [1.54, 1.807) is 13.3 Å². The van der Waals surface area contributed by atoms with Gasteiger partial charge in [0.15, 0.2) is 0 Å². The molecule has 0 aliphatic heterocycles. The smallest absolute Gasteiger partial charge is 0.119 e. The molecule has 0 aliphatic carbocycles. The molecule has 1 aromatic heterocycles. The highest BCUT2D eigenvalue weighted by Crippen LogP contribution is 2.17. The van der Waals surface area contributed by atoms with Crippen LogP contribution >= 0.6 is 0 Å². The number of rotatable bonds is 1. The van der Waals surface area contributed by atoms with Gasteiger partial charge < -0.3 is 4.74 Å². The Kier molecular flexibility index (Phi) is 4.45. The molecule has 96 valence electrons. The second-order valence-electron chi connectivity index (χ2n) is 4.10. The number of aromatic nitrogens is 2. The standard InChI is InChI=1S/C9H8N2O.C7H8/c1-12-8-2-3-9-7(4-8)5-10-6-11-9;1-7-5-3-2-4-6-7/h2-6H,1H3;2-6H,1H3. The van der Waals surface area contributed by atoms with Crippen molar-refractivity contribution in [2.75, 3.05) is 7.11 Å².